The highest BCUT2D eigenvalue weighted by Crippen LogP contribution is 2.32. The molecular formula is C16H31NO2. The van der Waals surface area contributed by atoms with E-state index in [4.69, 9.17) is 9.47 Å². The zero-order valence-electron chi connectivity index (χ0n) is 12.7. The van der Waals surface area contributed by atoms with Crippen LogP contribution >= 0.6 is 0 Å². The molecule has 0 aliphatic heterocycles. The number of nitrogens with one attached hydrogen (secondary N) is 1. The van der Waals surface area contributed by atoms with Gasteiger partial charge < -0.3 is 14.8 Å². The number of ether oxygens (including phenoxy) is 2. The first kappa shape index (κ1) is 15.3. The Morgan fingerprint density at radius 1 is 1.05 bits per heavy atom. The van der Waals surface area contributed by atoms with Gasteiger partial charge in [-0.25, -0.2) is 0 Å². The molecule has 0 heterocycles. The molecule has 3 unspecified atom stereocenters. The molecule has 2 aliphatic carbocycles. The molecule has 0 aromatic carbocycles. The van der Waals surface area contributed by atoms with Crippen molar-refractivity contribution in [1.82, 2.24) is 5.32 Å². The van der Waals surface area contributed by atoms with Crippen LogP contribution in [-0.2, 0) is 9.47 Å². The Hall–Kier alpha value is -0.120. The summed E-state index contributed by atoms with van der Waals surface area (Å²) in [6, 6.07) is 0.514. The number of rotatable bonds is 8. The Labute approximate surface area is 118 Å². The van der Waals surface area contributed by atoms with Crippen LogP contribution in [0.2, 0.25) is 0 Å². The van der Waals surface area contributed by atoms with E-state index < -0.39 is 0 Å². The van der Waals surface area contributed by atoms with Crippen molar-refractivity contribution in [2.24, 2.45) is 0 Å². The van der Waals surface area contributed by atoms with E-state index in [0.29, 0.717) is 18.2 Å². The van der Waals surface area contributed by atoms with Crippen LogP contribution in [0.15, 0.2) is 0 Å². The molecule has 2 rings (SSSR count). The van der Waals surface area contributed by atoms with Crippen molar-refractivity contribution >= 4 is 0 Å². The molecule has 3 heteroatoms. The molecule has 0 aromatic heterocycles. The lowest BCUT2D eigenvalue weighted by molar-refractivity contribution is -0.172. The SMILES string of the molecule is CCCNC1CC(OC2CCCCC2)C1OCCC. The van der Waals surface area contributed by atoms with Gasteiger partial charge in [0.25, 0.3) is 0 Å². The molecular weight excluding hydrogens is 238 g/mol. The second kappa shape index (κ2) is 8.23. The van der Waals surface area contributed by atoms with Crippen molar-refractivity contribution in [3.8, 4) is 0 Å². The van der Waals surface area contributed by atoms with Gasteiger partial charge in [-0.05, 0) is 38.6 Å². The molecule has 112 valence electrons. The monoisotopic (exact) mass is 269 g/mol. The maximum Gasteiger partial charge on any atom is 0.0990 e. The Kier molecular flexibility index (Phi) is 6.62. The van der Waals surface area contributed by atoms with Gasteiger partial charge in [0.1, 0.15) is 0 Å². The molecule has 1 N–H and O–H groups in total. The highest BCUT2D eigenvalue weighted by atomic mass is 16.6. The quantitative estimate of drug-likeness (QED) is 0.733. The molecule has 19 heavy (non-hydrogen) atoms. The second-order valence-electron chi connectivity index (χ2n) is 6.07. The van der Waals surface area contributed by atoms with Gasteiger partial charge in [-0.2, -0.15) is 0 Å². The number of hydrogen-bond donors (Lipinski definition) is 1. The lowest BCUT2D eigenvalue weighted by atomic mass is 9.84. The van der Waals surface area contributed by atoms with Crippen LogP contribution in [-0.4, -0.2) is 37.5 Å². The Morgan fingerprint density at radius 2 is 1.84 bits per heavy atom. The highest BCUT2D eigenvalue weighted by Gasteiger charge is 2.43. The molecule has 0 saturated heterocycles. The average molecular weight is 269 g/mol. The predicted octanol–water partition coefficient (Wildman–Crippen LogP) is 3.27. The first-order chi connectivity index (χ1) is 9.35. The van der Waals surface area contributed by atoms with Crippen molar-refractivity contribution in [3.63, 3.8) is 0 Å². The Morgan fingerprint density at radius 3 is 2.53 bits per heavy atom. The lowest BCUT2D eigenvalue weighted by Crippen LogP contribution is -2.61. The summed E-state index contributed by atoms with van der Waals surface area (Å²) in [5.41, 5.74) is 0. The summed E-state index contributed by atoms with van der Waals surface area (Å²) in [6.07, 6.45) is 11.1. The van der Waals surface area contributed by atoms with E-state index in [0.717, 1.165) is 26.0 Å². The fourth-order valence-corrected chi connectivity index (χ4v) is 3.17. The molecule has 2 saturated carbocycles. The van der Waals surface area contributed by atoms with Crippen molar-refractivity contribution < 1.29 is 9.47 Å². The topological polar surface area (TPSA) is 30.5 Å². The Balaban J connectivity index is 1.75. The van der Waals surface area contributed by atoms with Crippen LogP contribution in [0.5, 0.6) is 0 Å². The second-order valence-corrected chi connectivity index (χ2v) is 6.07. The van der Waals surface area contributed by atoms with E-state index in [1.807, 2.05) is 0 Å². The summed E-state index contributed by atoms with van der Waals surface area (Å²) in [4.78, 5) is 0. The van der Waals surface area contributed by atoms with Gasteiger partial charge >= 0.3 is 0 Å². The molecule has 0 aromatic rings. The summed E-state index contributed by atoms with van der Waals surface area (Å²) in [5, 5.41) is 3.59. The summed E-state index contributed by atoms with van der Waals surface area (Å²) < 4.78 is 12.3. The fraction of sp³-hybridized carbons (Fsp3) is 1.00. The van der Waals surface area contributed by atoms with E-state index in [2.05, 4.69) is 19.2 Å². The maximum absolute atomic E-state index is 6.28. The van der Waals surface area contributed by atoms with E-state index in [1.165, 1.54) is 38.5 Å². The molecule has 3 nitrogen and oxygen atoms in total. The summed E-state index contributed by atoms with van der Waals surface area (Å²) >= 11 is 0. The van der Waals surface area contributed by atoms with Gasteiger partial charge in [0.15, 0.2) is 0 Å². The zero-order valence-corrected chi connectivity index (χ0v) is 12.7. The molecule has 0 spiro atoms. The van der Waals surface area contributed by atoms with E-state index in [1.54, 1.807) is 0 Å². The van der Waals surface area contributed by atoms with Crippen LogP contribution in [0, 0.1) is 0 Å². The molecule has 2 fully saturated rings. The van der Waals surface area contributed by atoms with Gasteiger partial charge in [0.2, 0.25) is 0 Å². The minimum atomic E-state index is 0.286. The standard InChI is InChI=1S/C16H31NO2/c1-3-10-17-14-12-15(16(14)18-11-4-2)19-13-8-6-5-7-9-13/h13-17H,3-12H2,1-2H3. The summed E-state index contributed by atoms with van der Waals surface area (Å²) in [7, 11) is 0. The molecule has 2 aliphatic rings. The molecule has 0 amide bonds. The van der Waals surface area contributed by atoms with Crippen LogP contribution in [0.25, 0.3) is 0 Å². The number of hydrogen-bond acceptors (Lipinski definition) is 3. The lowest BCUT2D eigenvalue weighted by Gasteiger charge is -2.46. The van der Waals surface area contributed by atoms with Gasteiger partial charge in [-0.3, -0.25) is 0 Å². The van der Waals surface area contributed by atoms with Crippen molar-refractivity contribution in [2.45, 2.75) is 89.6 Å². The van der Waals surface area contributed by atoms with Crippen LogP contribution < -0.4 is 5.32 Å². The van der Waals surface area contributed by atoms with Gasteiger partial charge in [0.05, 0.1) is 18.3 Å². The van der Waals surface area contributed by atoms with Crippen LogP contribution in [0.1, 0.15) is 65.2 Å². The average Bonchev–Trinajstić information content (AvgIpc) is 2.43. The predicted molar refractivity (Wildman–Crippen MR) is 78.5 cm³/mol. The third-order valence-electron chi connectivity index (χ3n) is 4.34. The fourth-order valence-electron chi connectivity index (χ4n) is 3.17. The smallest absolute Gasteiger partial charge is 0.0990 e. The first-order valence-corrected chi connectivity index (χ1v) is 8.35. The van der Waals surface area contributed by atoms with Crippen molar-refractivity contribution in [3.05, 3.63) is 0 Å². The summed E-state index contributed by atoms with van der Waals surface area (Å²) in [5.74, 6) is 0. The van der Waals surface area contributed by atoms with Gasteiger partial charge in [0, 0.05) is 12.6 Å². The largest absolute Gasteiger partial charge is 0.374 e. The van der Waals surface area contributed by atoms with E-state index in [9.17, 15) is 0 Å². The van der Waals surface area contributed by atoms with E-state index >= 15 is 0 Å². The normalized spacial score (nSPS) is 32.2. The minimum Gasteiger partial charge on any atom is -0.374 e. The third kappa shape index (κ3) is 4.44. The van der Waals surface area contributed by atoms with E-state index in [-0.39, 0.29) is 6.10 Å². The molecule has 3 atom stereocenters. The summed E-state index contributed by atoms with van der Waals surface area (Å²) in [6.45, 7) is 6.33. The third-order valence-corrected chi connectivity index (χ3v) is 4.34. The Bertz CT molecular complexity index is 241. The first-order valence-electron chi connectivity index (χ1n) is 8.35. The zero-order chi connectivity index (χ0) is 13.5. The molecule has 0 radical (unpaired) electrons. The van der Waals surface area contributed by atoms with Gasteiger partial charge in [-0.15, -0.1) is 0 Å². The van der Waals surface area contributed by atoms with Crippen LogP contribution in [0.3, 0.4) is 0 Å². The maximum atomic E-state index is 6.28. The van der Waals surface area contributed by atoms with Crippen molar-refractivity contribution in [1.29, 1.82) is 0 Å². The highest BCUT2D eigenvalue weighted by molar-refractivity contribution is 4.97. The van der Waals surface area contributed by atoms with Gasteiger partial charge in [-0.1, -0.05) is 33.1 Å². The van der Waals surface area contributed by atoms with Crippen molar-refractivity contribution in [2.75, 3.05) is 13.2 Å². The minimum absolute atomic E-state index is 0.286. The molecule has 0 bridgehead atoms. The van der Waals surface area contributed by atoms with Crippen LogP contribution in [0.4, 0.5) is 0 Å².